The third-order valence-corrected chi connectivity index (χ3v) is 6.26. The molecular weight excluding hydrogens is 454 g/mol. The van der Waals surface area contributed by atoms with Crippen LogP contribution >= 0.6 is 11.6 Å². The topological polar surface area (TPSA) is 87.7 Å². The molecule has 0 unspecified atom stereocenters. The fourth-order valence-corrected chi connectivity index (χ4v) is 4.49. The normalized spacial score (nSPS) is 16.9. The molecule has 1 fully saturated rings. The lowest BCUT2D eigenvalue weighted by atomic mass is 9.94. The Balaban J connectivity index is 1.43. The Hall–Kier alpha value is -3.32. The van der Waals surface area contributed by atoms with Gasteiger partial charge in [-0.25, -0.2) is 0 Å². The summed E-state index contributed by atoms with van der Waals surface area (Å²) >= 11 is 6.24. The van der Waals surface area contributed by atoms with Crippen molar-refractivity contribution in [2.45, 2.75) is 58.1 Å². The van der Waals surface area contributed by atoms with Gasteiger partial charge >= 0.3 is 0 Å². The maximum atomic E-state index is 12.9. The summed E-state index contributed by atoms with van der Waals surface area (Å²) in [5.41, 5.74) is 1.65. The molecule has 3 amide bonds. The lowest BCUT2D eigenvalue weighted by Crippen LogP contribution is -2.42. The van der Waals surface area contributed by atoms with Gasteiger partial charge in [-0.1, -0.05) is 43.0 Å². The van der Waals surface area contributed by atoms with Crippen LogP contribution < -0.4 is 15.4 Å². The van der Waals surface area contributed by atoms with E-state index in [0.717, 1.165) is 32.1 Å². The summed E-state index contributed by atoms with van der Waals surface area (Å²) in [6.07, 6.45) is 4.71. The molecule has 1 aliphatic carbocycles. The molecule has 0 bridgehead atoms. The second kappa shape index (κ2) is 10.3. The zero-order valence-corrected chi connectivity index (χ0v) is 20.0. The average molecular weight is 482 g/mol. The first-order valence-corrected chi connectivity index (χ1v) is 11.9. The van der Waals surface area contributed by atoms with Gasteiger partial charge in [-0.3, -0.25) is 19.3 Å². The van der Waals surface area contributed by atoms with E-state index in [0.29, 0.717) is 22.7 Å². The fraction of sp³-hybridized carbons (Fsp3) is 0.346. The van der Waals surface area contributed by atoms with E-state index in [9.17, 15) is 14.4 Å². The van der Waals surface area contributed by atoms with Gasteiger partial charge in [0.05, 0.1) is 11.8 Å². The van der Waals surface area contributed by atoms with Gasteiger partial charge in [0.25, 0.3) is 17.7 Å². The number of anilines is 2. The predicted octanol–water partition coefficient (Wildman–Crippen LogP) is 5.29. The van der Waals surface area contributed by atoms with Crippen molar-refractivity contribution in [2.75, 3.05) is 10.6 Å². The first-order chi connectivity index (χ1) is 16.3. The molecule has 178 valence electrons. The van der Waals surface area contributed by atoms with Gasteiger partial charge in [0.15, 0.2) is 0 Å². The number of benzene rings is 2. The van der Waals surface area contributed by atoms with E-state index in [1.807, 2.05) is 26.0 Å². The summed E-state index contributed by atoms with van der Waals surface area (Å²) in [5.74, 6) is -0.540. The van der Waals surface area contributed by atoms with Gasteiger partial charge in [0.2, 0.25) is 0 Å². The standard InChI is InChI=1S/C26H28ClN3O4/c1-16(2)34-21-11-7-6-10-20(21)29-24(31)17-12-14-18(15-13-17)28-23-22(27)25(32)30(26(23)33)19-8-4-3-5-9-19/h6-7,10-16,19,28H,3-5,8-9H2,1-2H3,(H,29,31). The van der Waals surface area contributed by atoms with Gasteiger partial charge < -0.3 is 15.4 Å². The number of halogens is 1. The average Bonchev–Trinajstić information content (AvgIpc) is 3.04. The van der Waals surface area contributed by atoms with E-state index in [-0.39, 0.29) is 28.8 Å². The number of amides is 3. The second-order valence-corrected chi connectivity index (χ2v) is 9.16. The van der Waals surface area contributed by atoms with E-state index in [1.165, 1.54) is 4.90 Å². The first kappa shape index (κ1) is 23.8. The summed E-state index contributed by atoms with van der Waals surface area (Å²) in [4.78, 5) is 39.6. The highest BCUT2D eigenvalue weighted by Gasteiger charge is 2.42. The molecule has 1 saturated carbocycles. The van der Waals surface area contributed by atoms with Crippen LogP contribution in [0, 0.1) is 0 Å². The third-order valence-electron chi connectivity index (χ3n) is 5.91. The van der Waals surface area contributed by atoms with Crippen LogP contribution in [-0.2, 0) is 9.59 Å². The molecule has 7 nitrogen and oxygen atoms in total. The molecule has 2 N–H and O–H groups in total. The summed E-state index contributed by atoms with van der Waals surface area (Å²) in [5, 5.41) is 5.74. The van der Waals surface area contributed by atoms with Crippen molar-refractivity contribution in [1.29, 1.82) is 0 Å². The minimum Gasteiger partial charge on any atom is -0.489 e. The number of carbonyl (C=O) groups is 3. The smallest absolute Gasteiger partial charge is 0.279 e. The number of nitrogens with zero attached hydrogens (tertiary/aromatic N) is 1. The van der Waals surface area contributed by atoms with Crippen LogP contribution in [0.3, 0.4) is 0 Å². The van der Waals surface area contributed by atoms with Crippen molar-refractivity contribution in [3.63, 3.8) is 0 Å². The number of carbonyl (C=O) groups excluding carboxylic acids is 3. The summed E-state index contributed by atoms with van der Waals surface area (Å²) in [6, 6.07) is 13.8. The maximum Gasteiger partial charge on any atom is 0.279 e. The molecule has 1 heterocycles. The number of rotatable bonds is 7. The van der Waals surface area contributed by atoms with Crippen molar-refractivity contribution in [3.8, 4) is 5.75 Å². The second-order valence-electron chi connectivity index (χ2n) is 8.78. The van der Waals surface area contributed by atoms with E-state index in [1.54, 1.807) is 36.4 Å². The Morgan fingerprint density at radius 1 is 1.00 bits per heavy atom. The summed E-state index contributed by atoms with van der Waals surface area (Å²) in [7, 11) is 0. The molecule has 4 rings (SSSR count). The van der Waals surface area contributed by atoms with Crippen molar-refractivity contribution >= 4 is 40.7 Å². The highest BCUT2D eigenvalue weighted by atomic mass is 35.5. The maximum absolute atomic E-state index is 12.9. The zero-order chi connectivity index (χ0) is 24.2. The van der Waals surface area contributed by atoms with Crippen LogP contribution in [0.1, 0.15) is 56.3 Å². The summed E-state index contributed by atoms with van der Waals surface area (Å²) < 4.78 is 5.75. The number of ether oxygens (including phenoxy) is 1. The minimum atomic E-state index is -0.445. The van der Waals surface area contributed by atoms with Crippen molar-refractivity contribution in [1.82, 2.24) is 4.90 Å². The fourth-order valence-electron chi connectivity index (χ4n) is 4.27. The number of imide groups is 1. The van der Waals surface area contributed by atoms with Gasteiger partial charge in [-0.15, -0.1) is 0 Å². The Morgan fingerprint density at radius 2 is 1.68 bits per heavy atom. The Labute approximate surface area is 204 Å². The highest BCUT2D eigenvalue weighted by Crippen LogP contribution is 2.32. The van der Waals surface area contributed by atoms with Crippen LogP contribution in [0.5, 0.6) is 5.75 Å². The quantitative estimate of drug-likeness (QED) is 0.524. The highest BCUT2D eigenvalue weighted by molar-refractivity contribution is 6.48. The first-order valence-electron chi connectivity index (χ1n) is 11.6. The van der Waals surface area contributed by atoms with Crippen LogP contribution in [0.2, 0.25) is 0 Å². The van der Waals surface area contributed by atoms with Gasteiger partial charge in [0, 0.05) is 17.3 Å². The molecule has 8 heteroatoms. The molecule has 2 aromatic rings. The zero-order valence-electron chi connectivity index (χ0n) is 19.3. The monoisotopic (exact) mass is 481 g/mol. The van der Waals surface area contributed by atoms with Crippen molar-refractivity contribution < 1.29 is 19.1 Å². The largest absolute Gasteiger partial charge is 0.489 e. The molecule has 2 aliphatic rings. The molecule has 2 aromatic carbocycles. The third kappa shape index (κ3) is 5.09. The number of nitrogens with one attached hydrogen (secondary N) is 2. The Morgan fingerprint density at radius 3 is 2.35 bits per heavy atom. The Kier molecular flexibility index (Phi) is 7.22. The predicted molar refractivity (Wildman–Crippen MR) is 132 cm³/mol. The van der Waals surface area contributed by atoms with Crippen LogP contribution in [-0.4, -0.2) is 34.8 Å². The van der Waals surface area contributed by atoms with Gasteiger partial charge in [0.1, 0.15) is 16.5 Å². The van der Waals surface area contributed by atoms with E-state index < -0.39 is 11.8 Å². The number of para-hydroxylation sites is 2. The van der Waals surface area contributed by atoms with Gasteiger partial charge in [-0.05, 0) is 63.1 Å². The van der Waals surface area contributed by atoms with E-state index in [2.05, 4.69) is 10.6 Å². The molecule has 0 atom stereocenters. The SMILES string of the molecule is CC(C)Oc1ccccc1NC(=O)c1ccc(NC2=C(Cl)C(=O)N(C3CCCCC3)C2=O)cc1. The minimum absolute atomic E-state index is 0.0243. The lowest BCUT2D eigenvalue weighted by Gasteiger charge is -2.29. The van der Waals surface area contributed by atoms with E-state index in [4.69, 9.17) is 16.3 Å². The molecule has 0 aromatic heterocycles. The molecular formula is C26H28ClN3O4. The molecule has 0 saturated heterocycles. The van der Waals surface area contributed by atoms with Crippen molar-refractivity contribution in [2.24, 2.45) is 0 Å². The molecule has 0 spiro atoms. The van der Waals surface area contributed by atoms with Gasteiger partial charge in [-0.2, -0.15) is 0 Å². The van der Waals surface area contributed by atoms with E-state index >= 15 is 0 Å². The van der Waals surface area contributed by atoms with Crippen molar-refractivity contribution in [3.05, 3.63) is 64.8 Å². The number of hydrogen-bond acceptors (Lipinski definition) is 5. The number of hydrogen-bond donors (Lipinski definition) is 2. The lowest BCUT2D eigenvalue weighted by molar-refractivity contribution is -0.140. The van der Waals surface area contributed by atoms with Crippen LogP contribution in [0.15, 0.2) is 59.3 Å². The van der Waals surface area contributed by atoms with Crippen LogP contribution in [0.25, 0.3) is 0 Å². The Bertz CT molecular complexity index is 1120. The molecule has 0 radical (unpaired) electrons. The molecule has 34 heavy (non-hydrogen) atoms. The molecule has 1 aliphatic heterocycles. The van der Waals surface area contributed by atoms with Crippen LogP contribution in [0.4, 0.5) is 11.4 Å². The summed E-state index contributed by atoms with van der Waals surface area (Å²) in [6.45, 7) is 3.84.